The van der Waals surface area contributed by atoms with Crippen LogP contribution >= 0.6 is 11.3 Å². The number of aromatic nitrogens is 3. The number of carbonyl (C=O) groups is 1. The Balaban J connectivity index is 1.52. The molecule has 0 bridgehead atoms. The standard InChI is InChI=1S/C22H20N4O3S/c1-14-11-17(25-26(14)16-7-5-4-6-8-16)21(27)24-22-23-18(13-30-22)15-9-10-19(28-2)20(12-15)29-3/h4-13H,1-3H3,(H,23,24,27). The lowest BCUT2D eigenvalue weighted by Crippen LogP contribution is -2.13. The number of anilines is 1. The van der Waals surface area contributed by atoms with Crippen molar-refractivity contribution in [1.82, 2.24) is 14.8 Å². The van der Waals surface area contributed by atoms with Crippen LogP contribution in [0, 0.1) is 6.92 Å². The van der Waals surface area contributed by atoms with Gasteiger partial charge in [-0.1, -0.05) is 18.2 Å². The molecular weight excluding hydrogens is 400 g/mol. The molecule has 0 atom stereocenters. The van der Waals surface area contributed by atoms with Crippen LogP contribution < -0.4 is 14.8 Å². The highest BCUT2D eigenvalue weighted by Gasteiger charge is 2.16. The quantitative estimate of drug-likeness (QED) is 0.494. The fourth-order valence-corrected chi connectivity index (χ4v) is 3.75. The molecule has 0 saturated carbocycles. The summed E-state index contributed by atoms with van der Waals surface area (Å²) in [6, 6.07) is 17.0. The zero-order chi connectivity index (χ0) is 21.1. The molecule has 4 aromatic rings. The number of rotatable bonds is 6. The van der Waals surface area contributed by atoms with Crippen molar-refractivity contribution in [1.29, 1.82) is 0 Å². The van der Waals surface area contributed by atoms with E-state index < -0.39 is 0 Å². The van der Waals surface area contributed by atoms with Crippen LogP contribution in [0.4, 0.5) is 5.13 Å². The van der Waals surface area contributed by atoms with Crippen molar-refractivity contribution in [3.05, 3.63) is 71.4 Å². The largest absolute Gasteiger partial charge is 0.493 e. The van der Waals surface area contributed by atoms with Crippen LogP contribution in [-0.2, 0) is 0 Å². The number of hydrogen-bond acceptors (Lipinski definition) is 6. The van der Waals surface area contributed by atoms with E-state index in [1.807, 2.05) is 60.8 Å². The highest BCUT2D eigenvalue weighted by molar-refractivity contribution is 7.14. The van der Waals surface area contributed by atoms with E-state index in [1.165, 1.54) is 11.3 Å². The Morgan fingerprint density at radius 2 is 1.80 bits per heavy atom. The van der Waals surface area contributed by atoms with Gasteiger partial charge in [-0.05, 0) is 43.3 Å². The number of nitrogens with zero attached hydrogens (tertiary/aromatic N) is 3. The molecule has 0 saturated heterocycles. The van der Waals surface area contributed by atoms with Crippen molar-refractivity contribution in [3.8, 4) is 28.4 Å². The molecule has 2 aromatic heterocycles. The normalized spacial score (nSPS) is 10.6. The maximum atomic E-state index is 12.7. The molecule has 0 spiro atoms. The summed E-state index contributed by atoms with van der Waals surface area (Å²) in [5.41, 5.74) is 3.71. The molecule has 4 rings (SSSR count). The van der Waals surface area contributed by atoms with E-state index >= 15 is 0 Å². The molecule has 0 radical (unpaired) electrons. The number of amides is 1. The lowest BCUT2D eigenvalue weighted by molar-refractivity contribution is 0.102. The molecular formula is C22H20N4O3S. The van der Waals surface area contributed by atoms with E-state index in [0.29, 0.717) is 22.3 Å². The van der Waals surface area contributed by atoms with Crippen LogP contribution in [0.15, 0.2) is 60.0 Å². The zero-order valence-electron chi connectivity index (χ0n) is 16.7. The topological polar surface area (TPSA) is 78.3 Å². The SMILES string of the molecule is COc1ccc(-c2csc(NC(=O)c3cc(C)n(-c4ccccc4)n3)n2)cc1OC. The third-order valence-electron chi connectivity index (χ3n) is 4.52. The van der Waals surface area contributed by atoms with Gasteiger partial charge in [0.2, 0.25) is 0 Å². The van der Waals surface area contributed by atoms with Crippen molar-refractivity contribution >= 4 is 22.4 Å². The Labute approximate surface area is 177 Å². The maximum absolute atomic E-state index is 12.7. The number of benzene rings is 2. The van der Waals surface area contributed by atoms with Crippen LogP contribution in [0.3, 0.4) is 0 Å². The molecule has 152 valence electrons. The molecule has 2 heterocycles. The first-order valence-electron chi connectivity index (χ1n) is 9.20. The molecule has 0 aliphatic rings. The Hall–Kier alpha value is -3.65. The van der Waals surface area contributed by atoms with Gasteiger partial charge in [-0.15, -0.1) is 11.3 Å². The predicted molar refractivity (Wildman–Crippen MR) is 117 cm³/mol. The highest BCUT2D eigenvalue weighted by Crippen LogP contribution is 2.33. The van der Waals surface area contributed by atoms with Gasteiger partial charge < -0.3 is 9.47 Å². The summed E-state index contributed by atoms with van der Waals surface area (Å²) in [4.78, 5) is 17.2. The number of thiazole rings is 1. The summed E-state index contributed by atoms with van der Waals surface area (Å²) >= 11 is 1.35. The average molecular weight is 420 g/mol. The second-order valence-electron chi connectivity index (χ2n) is 6.48. The molecule has 2 aromatic carbocycles. The second-order valence-corrected chi connectivity index (χ2v) is 7.34. The number of aryl methyl sites for hydroxylation is 1. The van der Waals surface area contributed by atoms with Gasteiger partial charge in [0.15, 0.2) is 22.3 Å². The molecule has 0 unspecified atom stereocenters. The van der Waals surface area contributed by atoms with E-state index in [0.717, 1.165) is 22.6 Å². The summed E-state index contributed by atoms with van der Waals surface area (Å²) in [7, 11) is 3.18. The molecule has 1 amide bonds. The third kappa shape index (κ3) is 3.90. The summed E-state index contributed by atoms with van der Waals surface area (Å²) in [6.07, 6.45) is 0. The van der Waals surface area contributed by atoms with E-state index in [-0.39, 0.29) is 5.91 Å². The van der Waals surface area contributed by atoms with Crippen molar-refractivity contribution in [2.24, 2.45) is 0 Å². The van der Waals surface area contributed by atoms with Gasteiger partial charge in [-0.3, -0.25) is 10.1 Å². The Morgan fingerprint density at radius 1 is 1.03 bits per heavy atom. The molecule has 0 fully saturated rings. The number of carbonyl (C=O) groups excluding carboxylic acids is 1. The summed E-state index contributed by atoms with van der Waals surface area (Å²) in [5.74, 6) is 0.964. The highest BCUT2D eigenvalue weighted by atomic mass is 32.1. The maximum Gasteiger partial charge on any atom is 0.277 e. The first kappa shape index (κ1) is 19.7. The first-order chi connectivity index (χ1) is 14.6. The zero-order valence-corrected chi connectivity index (χ0v) is 17.6. The smallest absolute Gasteiger partial charge is 0.277 e. The minimum Gasteiger partial charge on any atom is -0.493 e. The van der Waals surface area contributed by atoms with E-state index in [1.54, 1.807) is 25.0 Å². The number of nitrogens with one attached hydrogen (secondary N) is 1. The number of ether oxygens (including phenoxy) is 2. The van der Waals surface area contributed by atoms with Crippen LogP contribution in [0.2, 0.25) is 0 Å². The van der Waals surface area contributed by atoms with Gasteiger partial charge in [-0.2, -0.15) is 5.10 Å². The minimum atomic E-state index is -0.305. The lowest BCUT2D eigenvalue weighted by Gasteiger charge is -2.08. The van der Waals surface area contributed by atoms with Crippen LogP contribution in [0.25, 0.3) is 16.9 Å². The van der Waals surface area contributed by atoms with Gasteiger partial charge in [0.1, 0.15) is 0 Å². The fourth-order valence-electron chi connectivity index (χ4n) is 3.04. The summed E-state index contributed by atoms with van der Waals surface area (Å²) in [5, 5.41) is 9.64. The van der Waals surface area contributed by atoms with Crippen molar-refractivity contribution in [2.45, 2.75) is 6.92 Å². The van der Waals surface area contributed by atoms with Gasteiger partial charge in [-0.25, -0.2) is 9.67 Å². The molecule has 0 aliphatic heterocycles. The third-order valence-corrected chi connectivity index (χ3v) is 5.28. The minimum absolute atomic E-state index is 0.305. The number of hydrogen-bond donors (Lipinski definition) is 1. The summed E-state index contributed by atoms with van der Waals surface area (Å²) in [6.45, 7) is 1.91. The van der Waals surface area contributed by atoms with Crippen molar-refractivity contribution < 1.29 is 14.3 Å². The van der Waals surface area contributed by atoms with Crippen LogP contribution in [-0.4, -0.2) is 34.9 Å². The first-order valence-corrected chi connectivity index (χ1v) is 10.1. The van der Waals surface area contributed by atoms with Crippen LogP contribution in [0.1, 0.15) is 16.2 Å². The molecule has 7 nitrogen and oxygen atoms in total. The average Bonchev–Trinajstić information content (AvgIpc) is 3.40. The van der Waals surface area contributed by atoms with Crippen LogP contribution in [0.5, 0.6) is 11.5 Å². The van der Waals surface area contributed by atoms with Crippen molar-refractivity contribution in [2.75, 3.05) is 19.5 Å². The molecule has 0 aliphatic carbocycles. The predicted octanol–water partition coefficient (Wildman–Crippen LogP) is 4.57. The van der Waals surface area contributed by atoms with Gasteiger partial charge in [0.25, 0.3) is 5.91 Å². The fraction of sp³-hybridized carbons (Fsp3) is 0.136. The molecule has 1 N–H and O–H groups in total. The second kappa shape index (κ2) is 8.38. The number of methoxy groups -OCH3 is 2. The van der Waals surface area contributed by atoms with E-state index in [9.17, 15) is 4.79 Å². The van der Waals surface area contributed by atoms with Gasteiger partial charge >= 0.3 is 0 Å². The van der Waals surface area contributed by atoms with Crippen molar-refractivity contribution in [3.63, 3.8) is 0 Å². The monoisotopic (exact) mass is 420 g/mol. The summed E-state index contributed by atoms with van der Waals surface area (Å²) < 4.78 is 12.4. The Bertz CT molecular complexity index is 1180. The lowest BCUT2D eigenvalue weighted by atomic mass is 10.1. The van der Waals surface area contributed by atoms with Gasteiger partial charge in [0.05, 0.1) is 25.6 Å². The van der Waals surface area contributed by atoms with Gasteiger partial charge in [0, 0.05) is 16.6 Å². The number of para-hydroxylation sites is 1. The molecule has 30 heavy (non-hydrogen) atoms. The van der Waals surface area contributed by atoms with E-state index in [4.69, 9.17) is 9.47 Å². The Kier molecular flexibility index (Phi) is 5.49. The Morgan fingerprint density at radius 3 is 2.53 bits per heavy atom. The van der Waals surface area contributed by atoms with E-state index in [2.05, 4.69) is 15.4 Å². The molecule has 8 heteroatoms.